The minimum Gasteiger partial charge on any atom is -0.372 e. The molecule has 0 amide bonds. The van der Waals surface area contributed by atoms with Crippen molar-refractivity contribution in [2.45, 2.75) is 26.8 Å². The van der Waals surface area contributed by atoms with Gasteiger partial charge in [-0.3, -0.25) is 0 Å². The Morgan fingerprint density at radius 1 is 1.05 bits per heavy atom. The van der Waals surface area contributed by atoms with Crippen LogP contribution in [0.4, 0.5) is 5.69 Å². The summed E-state index contributed by atoms with van der Waals surface area (Å²) in [4.78, 5) is 7.01. The molecule has 1 aromatic heterocycles. The van der Waals surface area contributed by atoms with Crippen molar-refractivity contribution in [2.24, 2.45) is 0 Å². The van der Waals surface area contributed by atoms with Crippen molar-refractivity contribution in [3.05, 3.63) is 48.0 Å². The van der Waals surface area contributed by atoms with E-state index in [0.29, 0.717) is 6.04 Å². The standard InChI is InChI=1S/C18H20N2S/c1-12(2)20(4)15-8-6-14(7-9-15)18-19-16-10-5-13(3)11-17(16)21-18/h5-12H,1-4H3. The molecule has 3 rings (SSSR count). The maximum Gasteiger partial charge on any atom is 0.124 e. The first kappa shape index (κ1) is 14.1. The molecule has 0 N–H and O–H groups in total. The van der Waals surface area contributed by atoms with Crippen molar-refractivity contribution in [1.29, 1.82) is 0 Å². The number of aromatic nitrogens is 1. The Morgan fingerprint density at radius 3 is 2.43 bits per heavy atom. The highest BCUT2D eigenvalue weighted by Crippen LogP contribution is 2.31. The second kappa shape index (κ2) is 5.49. The molecule has 0 atom stereocenters. The van der Waals surface area contributed by atoms with Crippen LogP contribution in [-0.4, -0.2) is 18.1 Å². The van der Waals surface area contributed by atoms with Crippen molar-refractivity contribution in [3.8, 4) is 10.6 Å². The number of benzene rings is 2. The molecular formula is C18H20N2S. The monoisotopic (exact) mass is 296 g/mol. The van der Waals surface area contributed by atoms with E-state index in [1.807, 2.05) is 0 Å². The molecule has 0 saturated carbocycles. The van der Waals surface area contributed by atoms with E-state index in [-0.39, 0.29) is 0 Å². The molecule has 0 fully saturated rings. The summed E-state index contributed by atoms with van der Waals surface area (Å²) in [6.07, 6.45) is 0. The summed E-state index contributed by atoms with van der Waals surface area (Å²) in [5.41, 5.74) is 4.80. The van der Waals surface area contributed by atoms with Gasteiger partial charge in [0.25, 0.3) is 0 Å². The van der Waals surface area contributed by atoms with Crippen molar-refractivity contribution >= 4 is 27.2 Å². The first-order valence-corrected chi connectivity index (χ1v) is 8.07. The number of hydrogen-bond donors (Lipinski definition) is 0. The highest BCUT2D eigenvalue weighted by atomic mass is 32.1. The highest BCUT2D eigenvalue weighted by molar-refractivity contribution is 7.21. The van der Waals surface area contributed by atoms with E-state index in [1.165, 1.54) is 21.5 Å². The molecule has 0 unspecified atom stereocenters. The first-order valence-electron chi connectivity index (χ1n) is 7.25. The number of fused-ring (bicyclic) bond motifs is 1. The number of hydrogen-bond acceptors (Lipinski definition) is 3. The number of nitrogens with zero attached hydrogens (tertiary/aromatic N) is 2. The van der Waals surface area contributed by atoms with Gasteiger partial charge >= 0.3 is 0 Å². The van der Waals surface area contributed by atoms with Crippen LogP contribution in [0.1, 0.15) is 19.4 Å². The van der Waals surface area contributed by atoms with Gasteiger partial charge in [-0.1, -0.05) is 6.07 Å². The predicted octanol–water partition coefficient (Wildman–Crippen LogP) is 5.12. The zero-order valence-corrected chi connectivity index (χ0v) is 13.7. The van der Waals surface area contributed by atoms with Crippen LogP contribution in [0, 0.1) is 6.92 Å². The zero-order chi connectivity index (χ0) is 15.0. The van der Waals surface area contributed by atoms with E-state index in [2.05, 4.69) is 75.2 Å². The van der Waals surface area contributed by atoms with Crippen molar-refractivity contribution in [3.63, 3.8) is 0 Å². The largest absolute Gasteiger partial charge is 0.372 e. The lowest BCUT2D eigenvalue weighted by Gasteiger charge is -2.23. The van der Waals surface area contributed by atoms with Gasteiger partial charge in [-0.05, 0) is 62.7 Å². The third kappa shape index (κ3) is 2.79. The van der Waals surface area contributed by atoms with Crippen LogP contribution in [-0.2, 0) is 0 Å². The van der Waals surface area contributed by atoms with Crippen LogP contribution >= 0.6 is 11.3 Å². The van der Waals surface area contributed by atoms with Crippen LogP contribution in [0.25, 0.3) is 20.8 Å². The minimum absolute atomic E-state index is 0.501. The van der Waals surface area contributed by atoms with Crippen LogP contribution < -0.4 is 4.90 Å². The predicted molar refractivity (Wildman–Crippen MR) is 93.3 cm³/mol. The number of rotatable bonds is 3. The highest BCUT2D eigenvalue weighted by Gasteiger charge is 2.08. The number of aryl methyl sites for hydroxylation is 1. The van der Waals surface area contributed by atoms with Crippen molar-refractivity contribution in [2.75, 3.05) is 11.9 Å². The molecule has 0 spiro atoms. The zero-order valence-electron chi connectivity index (χ0n) is 12.9. The second-order valence-corrected chi connectivity index (χ2v) is 6.77. The Hall–Kier alpha value is -1.87. The van der Waals surface area contributed by atoms with E-state index in [1.54, 1.807) is 11.3 Å². The minimum atomic E-state index is 0.501. The Balaban J connectivity index is 1.95. The van der Waals surface area contributed by atoms with Crippen LogP contribution in [0.2, 0.25) is 0 Å². The van der Waals surface area contributed by atoms with Gasteiger partial charge < -0.3 is 4.90 Å². The molecule has 0 aliphatic heterocycles. The first-order chi connectivity index (χ1) is 10.0. The molecule has 1 heterocycles. The molecule has 2 aromatic carbocycles. The van der Waals surface area contributed by atoms with E-state index in [4.69, 9.17) is 4.98 Å². The Morgan fingerprint density at radius 2 is 1.76 bits per heavy atom. The summed E-state index contributed by atoms with van der Waals surface area (Å²) < 4.78 is 1.26. The van der Waals surface area contributed by atoms with E-state index in [0.717, 1.165) is 10.5 Å². The summed E-state index contributed by atoms with van der Waals surface area (Å²) in [5, 5.41) is 1.09. The molecule has 108 valence electrons. The van der Waals surface area contributed by atoms with Crippen LogP contribution in [0.15, 0.2) is 42.5 Å². The number of thiazole rings is 1. The Bertz CT molecular complexity index is 756. The lowest BCUT2D eigenvalue weighted by molar-refractivity contribution is 0.755. The van der Waals surface area contributed by atoms with Gasteiger partial charge in [0.05, 0.1) is 10.2 Å². The van der Waals surface area contributed by atoms with Crippen LogP contribution in [0.3, 0.4) is 0 Å². The molecule has 3 heteroatoms. The van der Waals surface area contributed by atoms with Gasteiger partial charge in [0, 0.05) is 24.3 Å². The molecule has 2 nitrogen and oxygen atoms in total. The fraction of sp³-hybridized carbons (Fsp3) is 0.278. The van der Waals surface area contributed by atoms with E-state index < -0.39 is 0 Å². The van der Waals surface area contributed by atoms with Crippen LogP contribution in [0.5, 0.6) is 0 Å². The molecule has 0 saturated heterocycles. The summed E-state index contributed by atoms with van der Waals surface area (Å²) in [7, 11) is 2.13. The molecule has 0 aliphatic rings. The molecule has 0 bridgehead atoms. The summed E-state index contributed by atoms with van der Waals surface area (Å²) in [6, 6.07) is 15.6. The van der Waals surface area contributed by atoms with E-state index >= 15 is 0 Å². The van der Waals surface area contributed by atoms with Gasteiger partial charge in [0.15, 0.2) is 0 Å². The molecule has 21 heavy (non-hydrogen) atoms. The SMILES string of the molecule is Cc1ccc2nc(-c3ccc(N(C)C(C)C)cc3)sc2c1. The average Bonchev–Trinajstić information content (AvgIpc) is 2.89. The maximum atomic E-state index is 4.74. The van der Waals surface area contributed by atoms with Gasteiger partial charge in [-0.25, -0.2) is 4.98 Å². The summed E-state index contributed by atoms with van der Waals surface area (Å²) in [6.45, 7) is 6.52. The lowest BCUT2D eigenvalue weighted by atomic mass is 10.2. The molecule has 0 aliphatic carbocycles. The summed E-state index contributed by atoms with van der Waals surface area (Å²) in [5.74, 6) is 0. The summed E-state index contributed by atoms with van der Waals surface area (Å²) >= 11 is 1.76. The molecule has 0 radical (unpaired) electrons. The lowest BCUT2D eigenvalue weighted by Crippen LogP contribution is -2.25. The van der Waals surface area contributed by atoms with Gasteiger partial charge in [0.2, 0.25) is 0 Å². The fourth-order valence-corrected chi connectivity index (χ4v) is 3.36. The second-order valence-electron chi connectivity index (χ2n) is 5.74. The quantitative estimate of drug-likeness (QED) is 0.667. The third-order valence-corrected chi connectivity index (χ3v) is 4.91. The topological polar surface area (TPSA) is 16.1 Å². The Kier molecular flexibility index (Phi) is 3.68. The smallest absolute Gasteiger partial charge is 0.124 e. The van der Waals surface area contributed by atoms with Crippen molar-refractivity contribution in [1.82, 2.24) is 4.98 Å². The van der Waals surface area contributed by atoms with Gasteiger partial charge in [0.1, 0.15) is 5.01 Å². The fourth-order valence-electron chi connectivity index (χ4n) is 2.29. The van der Waals surface area contributed by atoms with Crippen molar-refractivity contribution < 1.29 is 0 Å². The third-order valence-electron chi connectivity index (χ3n) is 3.84. The molecular weight excluding hydrogens is 276 g/mol. The normalized spacial score (nSPS) is 11.3. The molecule has 3 aromatic rings. The maximum absolute atomic E-state index is 4.74. The average molecular weight is 296 g/mol. The van der Waals surface area contributed by atoms with Gasteiger partial charge in [-0.15, -0.1) is 11.3 Å². The number of anilines is 1. The van der Waals surface area contributed by atoms with Gasteiger partial charge in [-0.2, -0.15) is 0 Å². The Labute approximate surface area is 130 Å². The van der Waals surface area contributed by atoms with E-state index in [9.17, 15) is 0 Å².